The van der Waals surface area contributed by atoms with E-state index in [1.165, 1.54) is 13.0 Å². The highest BCUT2D eigenvalue weighted by molar-refractivity contribution is 6.30. The number of amides is 1. The van der Waals surface area contributed by atoms with Crippen LogP contribution in [0.15, 0.2) is 70.7 Å². The number of nitrogens with zero attached hydrogens (tertiary/aromatic N) is 1. The highest BCUT2D eigenvalue weighted by atomic mass is 35.5. The average molecular weight is 391 g/mol. The minimum atomic E-state index is -0.554. The van der Waals surface area contributed by atoms with Crippen LogP contribution in [0.4, 0.5) is 5.69 Å². The molecule has 0 unspecified atom stereocenters. The molecule has 1 heterocycles. The van der Waals surface area contributed by atoms with Crippen LogP contribution in [-0.4, -0.2) is 11.7 Å². The third kappa shape index (κ3) is 4.56. The normalized spacial score (nSPS) is 11.0. The van der Waals surface area contributed by atoms with Crippen molar-refractivity contribution in [1.29, 1.82) is 5.26 Å². The van der Waals surface area contributed by atoms with Gasteiger partial charge >= 0.3 is 0 Å². The van der Waals surface area contributed by atoms with E-state index < -0.39 is 5.91 Å². The Morgan fingerprint density at radius 3 is 2.54 bits per heavy atom. The first-order valence-electron chi connectivity index (χ1n) is 8.36. The number of nitrogens with one attached hydrogen (secondary N) is 1. The van der Waals surface area contributed by atoms with E-state index in [0.29, 0.717) is 27.8 Å². The monoisotopic (exact) mass is 390 g/mol. The molecule has 28 heavy (non-hydrogen) atoms. The van der Waals surface area contributed by atoms with Gasteiger partial charge in [0.05, 0.1) is 0 Å². The largest absolute Gasteiger partial charge is 0.457 e. The Labute approximate surface area is 166 Å². The second-order valence-corrected chi connectivity index (χ2v) is 6.41. The van der Waals surface area contributed by atoms with Crippen LogP contribution in [0, 0.1) is 11.3 Å². The zero-order valence-electron chi connectivity index (χ0n) is 14.9. The minimum absolute atomic E-state index is 0.0424. The average Bonchev–Trinajstić information content (AvgIpc) is 3.16. The number of benzene rings is 2. The molecule has 0 aliphatic carbocycles. The van der Waals surface area contributed by atoms with E-state index in [9.17, 15) is 14.9 Å². The van der Waals surface area contributed by atoms with Gasteiger partial charge in [-0.2, -0.15) is 5.26 Å². The number of hydrogen-bond acceptors (Lipinski definition) is 4. The molecule has 0 bridgehead atoms. The zero-order chi connectivity index (χ0) is 20.1. The molecule has 0 aliphatic heterocycles. The molecule has 138 valence electrons. The second-order valence-electron chi connectivity index (χ2n) is 5.97. The maximum absolute atomic E-state index is 12.3. The van der Waals surface area contributed by atoms with Crippen molar-refractivity contribution in [2.45, 2.75) is 6.92 Å². The molecule has 0 atom stereocenters. The van der Waals surface area contributed by atoms with Gasteiger partial charge in [0, 0.05) is 27.9 Å². The smallest absolute Gasteiger partial charge is 0.266 e. The Morgan fingerprint density at radius 1 is 1.11 bits per heavy atom. The van der Waals surface area contributed by atoms with Crippen LogP contribution in [0.1, 0.15) is 23.0 Å². The van der Waals surface area contributed by atoms with E-state index in [4.69, 9.17) is 16.0 Å². The van der Waals surface area contributed by atoms with E-state index in [2.05, 4.69) is 5.32 Å². The Bertz CT molecular complexity index is 1110. The van der Waals surface area contributed by atoms with Gasteiger partial charge in [-0.05, 0) is 49.4 Å². The SMILES string of the molecule is CC(=O)c1cccc(-c2ccc(/C=C(/C#N)C(=O)Nc3ccc(Cl)cc3)o2)c1. The van der Waals surface area contributed by atoms with Crippen molar-refractivity contribution in [3.63, 3.8) is 0 Å². The first-order chi connectivity index (χ1) is 13.5. The van der Waals surface area contributed by atoms with Gasteiger partial charge in [0.25, 0.3) is 5.91 Å². The van der Waals surface area contributed by atoms with Crippen LogP contribution in [0.5, 0.6) is 0 Å². The number of carbonyl (C=O) groups is 2. The van der Waals surface area contributed by atoms with Gasteiger partial charge in [0.1, 0.15) is 23.2 Å². The van der Waals surface area contributed by atoms with E-state index in [1.807, 2.05) is 12.1 Å². The van der Waals surface area contributed by atoms with Gasteiger partial charge < -0.3 is 9.73 Å². The lowest BCUT2D eigenvalue weighted by Gasteiger charge is -2.03. The van der Waals surface area contributed by atoms with E-state index in [0.717, 1.165) is 5.56 Å². The summed E-state index contributed by atoms with van der Waals surface area (Å²) in [7, 11) is 0. The fraction of sp³-hybridized carbons (Fsp3) is 0.0455. The molecule has 1 N–H and O–H groups in total. The fourth-order valence-corrected chi connectivity index (χ4v) is 2.63. The molecule has 3 aromatic rings. The highest BCUT2D eigenvalue weighted by Gasteiger charge is 2.12. The molecular weight excluding hydrogens is 376 g/mol. The van der Waals surface area contributed by atoms with Crippen molar-refractivity contribution < 1.29 is 14.0 Å². The molecule has 5 nitrogen and oxygen atoms in total. The molecule has 1 aromatic heterocycles. The fourth-order valence-electron chi connectivity index (χ4n) is 2.50. The third-order valence-corrected chi connectivity index (χ3v) is 4.19. The number of furan rings is 1. The van der Waals surface area contributed by atoms with E-state index >= 15 is 0 Å². The number of rotatable bonds is 5. The number of halogens is 1. The van der Waals surface area contributed by atoms with Crippen LogP contribution < -0.4 is 5.32 Å². The summed E-state index contributed by atoms with van der Waals surface area (Å²) >= 11 is 5.82. The van der Waals surface area contributed by atoms with Gasteiger partial charge in [0.15, 0.2) is 5.78 Å². The number of ketones is 1. The first-order valence-corrected chi connectivity index (χ1v) is 8.74. The van der Waals surface area contributed by atoms with Crippen molar-refractivity contribution >= 4 is 35.1 Å². The Morgan fingerprint density at radius 2 is 1.86 bits per heavy atom. The van der Waals surface area contributed by atoms with Crippen molar-refractivity contribution in [2.24, 2.45) is 0 Å². The molecule has 3 rings (SSSR count). The van der Waals surface area contributed by atoms with Gasteiger partial charge in [-0.25, -0.2) is 0 Å². The van der Waals surface area contributed by atoms with Crippen molar-refractivity contribution in [3.8, 4) is 17.4 Å². The van der Waals surface area contributed by atoms with Gasteiger partial charge in [-0.15, -0.1) is 0 Å². The number of carbonyl (C=O) groups excluding carboxylic acids is 2. The number of hydrogen-bond donors (Lipinski definition) is 1. The van der Waals surface area contributed by atoms with Crippen LogP contribution in [-0.2, 0) is 4.79 Å². The molecule has 0 aliphatic rings. The summed E-state index contributed by atoms with van der Waals surface area (Å²) in [6.07, 6.45) is 1.36. The highest BCUT2D eigenvalue weighted by Crippen LogP contribution is 2.25. The summed E-state index contributed by atoms with van der Waals surface area (Å²) in [6, 6.07) is 18.9. The predicted molar refractivity (Wildman–Crippen MR) is 108 cm³/mol. The maximum atomic E-state index is 12.3. The summed E-state index contributed by atoms with van der Waals surface area (Å²) in [4.78, 5) is 23.8. The van der Waals surface area contributed by atoms with Crippen LogP contribution in [0.2, 0.25) is 5.02 Å². The Kier molecular flexibility index (Phi) is 5.73. The summed E-state index contributed by atoms with van der Waals surface area (Å²) in [5.74, 6) is 0.288. The summed E-state index contributed by atoms with van der Waals surface area (Å²) in [5.41, 5.74) is 1.73. The molecule has 6 heteroatoms. The third-order valence-electron chi connectivity index (χ3n) is 3.93. The second kappa shape index (κ2) is 8.38. The van der Waals surface area contributed by atoms with Crippen LogP contribution in [0.3, 0.4) is 0 Å². The Hall–Kier alpha value is -3.62. The number of anilines is 1. The minimum Gasteiger partial charge on any atom is -0.457 e. The van der Waals surface area contributed by atoms with Crippen molar-refractivity contribution in [1.82, 2.24) is 0 Å². The maximum Gasteiger partial charge on any atom is 0.266 e. The van der Waals surface area contributed by atoms with E-state index in [-0.39, 0.29) is 11.4 Å². The summed E-state index contributed by atoms with van der Waals surface area (Å²) in [5, 5.41) is 12.5. The molecule has 0 spiro atoms. The Balaban J connectivity index is 1.81. The predicted octanol–water partition coefficient (Wildman–Crippen LogP) is 5.35. The number of Topliss-reactive ketones (excluding diaryl/α,β-unsaturated/α-hetero) is 1. The van der Waals surface area contributed by atoms with Crippen molar-refractivity contribution in [2.75, 3.05) is 5.32 Å². The number of nitriles is 1. The molecule has 2 aromatic carbocycles. The van der Waals surface area contributed by atoms with Gasteiger partial charge in [-0.3, -0.25) is 9.59 Å². The molecule has 0 fully saturated rings. The lowest BCUT2D eigenvalue weighted by atomic mass is 10.1. The first kappa shape index (κ1) is 19.2. The lowest BCUT2D eigenvalue weighted by Crippen LogP contribution is -2.13. The van der Waals surface area contributed by atoms with Gasteiger partial charge in [-0.1, -0.05) is 29.8 Å². The zero-order valence-corrected chi connectivity index (χ0v) is 15.7. The van der Waals surface area contributed by atoms with E-state index in [1.54, 1.807) is 54.6 Å². The standard InChI is InChI=1S/C22H15ClN2O3/c1-14(26)15-3-2-4-16(11-15)21-10-9-20(28-21)12-17(13-24)22(27)25-19-7-5-18(23)6-8-19/h2-12H,1H3,(H,25,27)/b17-12-. The summed E-state index contributed by atoms with van der Waals surface area (Å²) < 4.78 is 5.72. The molecular formula is C22H15ClN2O3. The molecule has 0 saturated carbocycles. The van der Waals surface area contributed by atoms with Crippen molar-refractivity contribution in [3.05, 3.63) is 82.6 Å². The van der Waals surface area contributed by atoms with Crippen LogP contribution in [0.25, 0.3) is 17.4 Å². The molecule has 0 saturated heterocycles. The quantitative estimate of drug-likeness (QED) is 0.361. The summed E-state index contributed by atoms with van der Waals surface area (Å²) in [6.45, 7) is 1.49. The van der Waals surface area contributed by atoms with Gasteiger partial charge in [0.2, 0.25) is 0 Å². The topological polar surface area (TPSA) is 83.1 Å². The van der Waals surface area contributed by atoms with Crippen LogP contribution >= 0.6 is 11.6 Å². The lowest BCUT2D eigenvalue weighted by molar-refractivity contribution is -0.112. The molecule has 0 radical (unpaired) electrons. The molecule has 1 amide bonds.